The topological polar surface area (TPSA) is 80.6 Å². The van der Waals surface area contributed by atoms with Gasteiger partial charge in [0.25, 0.3) is 0 Å². The van der Waals surface area contributed by atoms with Crippen LogP contribution in [0, 0.1) is 11.8 Å². The summed E-state index contributed by atoms with van der Waals surface area (Å²) in [6.07, 6.45) is 3.71. The van der Waals surface area contributed by atoms with Crippen LogP contribution in [0.3, 0.4) is 0 Å². The van der Waals surface area contributed by atoms with Crippen LogP contribution < -0.4 is 4.74 Å². The molecule has 0 spiro atoms. The summed E-state index contributed by atoms with van der Waals surface area (Å²) in [5.74, 6) is 0.569. The Labute approximate surface area is 177 Å². The predicted molar refractivity (Wildman–Crippen MR) is 113 cm³/mol. The standard InChI is InChI=1S/C23H30N2O5/c1-5-14-12-25-10-9-23(27)20-17(7-6-8-19(20)29-3)24-21(23)18(25)11-15(14)16(13-28-2)22(26)30-4/h6-8,13-15,18,27H,5,9-12H2,1-4H3/b16-13+/t14-,15?,18+,23+/m1/s1. The molecule has 4 rings (SSSR count). The maximum absolute atomic E-state index is 12.5. The first-order chi connectivity index (χ1) is 14.5. The van der Waals surface area contributed by atoms with Crippen LogP contribution in [0.4, 0.5) is 5.69 Å². The van der Waals surface area contributed by atoms with Crippen LogP contribution in [0.15, 0.2) is 35.0 Å². The van der Waals surface area contributed by atoms with Crippen LogP contribution in [-0.2, 0) is 19.9 Å². The first kappa shape index (κ1) is 20.9. The number of carbonyl (C=O) groups excluding carboxylic acids is 1. The molecule has 0 aliphatic carbocycles. The monoisotopic (exact) mass is 414 g/mol. The van der Waals surface area contributed by atoms with E-state index in [-0.39, 0.29) is 17.9 Å². The summed E-state index contributed by atoms with van der Waals surface area (Å²) in [4.78, 5) is 19.8. The minimum absolute atomic E-state index is 0.0284. The zero-order valence-corrected chi connectivity index (χ0v) is 18.1. The zero-order chi connectivity index (χ0) is 21.5. The van der Waals surface area contributed by atoms with Gasteiger partial charge >= 0.3 is 5.97 Å². The Balaban J connectivity index is 1.72. The molecule has 0 bridgehead atoms. The molecule has 30 heavy (non-hydrogen) atoms. The number of benzene rings is 1. The minimum atomic E-state index is -1.14. The number of hydrogen-bond donors (Lipinski definition) is 1. The van der Waals surface area contributed by atoms with Gasteiger partial charge < -0.3 is 19.3 Å². The van der Waals surface area contributed by atoms with Gasteiger partial charge in [-0.3, -0.25) is 9.89 Å². The third-order valence-electron chi connectivity index (χ3n) is 6.92. The maximum Gasteiger partial charge on any atom is 0.337 e. The molecule has 7 nitrogen and oxygen atoms in total. The first-order valence-corrected chi connectivity index (χ1v) is 10.5. The fourth-order valence-corrected chi connectivity index (χ4v) is 5.45. The Hall–Kier alpha value is -2.38. The van der Waals surface area contributed by atoms with Gasteiger partial charge in [0, 0.05) is 13.1 Å². The second-order valence-corrected chi connectivity index (χ2v) is 8.28. The molecular formula is C23H30N2O5. The number of piperidine rings is 2. The molecule has 0 amide bonds. The summed E-state index contributed by atoms with van der Waals surface area (Å²) >= 11 is 0. The molecule has 1 unspecified atom stereocenters. The molecule has 3 heterocycles. The molecule has 162 valence electrons. The minimum Gasteiger partial charge on any atom is -0.504 e. The van der Waals surface area contributed by atoms with Gasteiger partial charge in [0.15, 0.2) is 0 Å². The molecule has 0 saturated carbocycles. The van der Waals surface area contributed by atoms with E-state index in [1.165, 1.54) is 13.4 Å². The van der Waals surface area contributed by atoms with Gasteiger partial charge in [-0.05, 0) is 36.8 Å². The van der Waals surface area contributed by atoms with Crippen molar-refractivity contribution in [3.63, 3.8) is 0 Å². The van der Waals surface area contributed by atoms with Gasteiger partial charge in [-0.15, -0.1) is 0 Å². The normalized spacial score (nSPS) is 30.6. The van der Waals surface area contributed by atoms with Gasteiger partial charge in [0.05, 0.1) is 56.2 Å². The van der Waals surface area contributed by atoms with Crippen molar-refractivity contribution >= 4 is 17.4 Å². The van der Waals surface area contributed by atoms with E-state index in [9.17, 15) is 9.90 Å². The first-order valence-electron chi connectivity index (χ1n) is 10.5. The highest BCUT2D eigenvalue weighted by Crippen LogP contribution is 2.51. The number of aliphatic imine (C=N–C) groups is 1. The van der Waals surface area contributed by atoms with Crippen LogP contribution in [0.25, 0.3) is 0 Å². The molecule has 2 saturated heterocycles. The van der Waals surface area contributed by atoms with E-state index >= 15 is 0 Å². The van der Waals surface area contributed by atoms with E-state index in [4.69, 9.17) is 19.2 Å². The molecule has 0 aromatic heterocycles. The van der Waals surface area contributed by atoms with E-state index < -0.39 is 5.60 Å². The number of rotatable bonds is 5. The largest absolute Gasteiger partial charge is 0.504 e. The highest BCUT2D eigenvalue weighted by Gasteiger charge is 2.54. The summed E-state index contributed by atoms with van der Waals surface area (Å²) in [5, 5.41) is 11.8. The number of carbonyl (C=O) groups is 1. The number of nitrogens with zero attached hydrogens (tertiary/aromatic N) is 2. The summed E-state index contributed by atoms with van der Waals surface area (Å²) in [5.41, 5.74) is 1.70. The highest BCUT2D eigenvalue weighted by molar-refractivity contribution is 6.05. The van der Waals surface area contributed by atoms with Gasteiger partial charge in [0.1, 0.15) is 11.4 Å². The van der Waals surface area contributed by atoms with Crippen LogP contribution in [0.2, 0.25) is 0 Å². The molecule has 0 radical (unpaired) electrons. The summed E-state index contributed by atoms with van der Waals surface area (Å²) < 4.78 is 15.8. The lowest BCUT2D eigenvalue weighted by molar-refractivity contribution is -0.137. The van der Waals surface area contributed by atoms with Gasteiger partial charge in [-0.2, -0.15) is 0 Å². The van der Waals surface area contributed by atoms with Crippen molar-refractivity contribution in [2.45, 2.75) is 37.8 Å². The van der Waals surface area contributed by atoms with Crippen molar-refractivity contribution in [2.75, 3.05) is 34.4 Å². The van der Waals surface area contributed by atoms with Crippen LogP contribution in [0.5, 0.6) is 5.75 Å². The van der Waals surface area contributed by atoms with Crippen molar-refractivity contribution in [2.24, 2.45) is 16.8 Å². The SMILES string of the molecule is CC[C@@H]1CN2CC[C@@]3(O)C(=Nc4cccc(OC)c43)[C@@H]2CC1/C(=C\OC)C(=O)OC. The van der Waals surface area contributed by atoms with Crippen molar-refractivity contribution in [3.8, 4) is 5.75 Å². The lowest BCUT2D eigenvalue weighted by Gasteiger charge is -2.50. The fraction of sp³-hybridized carbons (Fsp3) is 0.565. The summed E-state index contributed by atoms with van der Waals surface area (Å²) in [7, 11) is 4.56. The lowest BCUT2D eigenvalue weighted by atomic mass is 9.70. The molecular weight excluding hydrogens is 384 g/mol. The highest BCUT2D eigenvalue weighted by atomic mass is 16.5. The van der Waals surface area contributed by atoms with Gasteiger partial charge in [-0.1, -0.05) is 19.4 Å². The number of aliphatic hydroxyl groups is 1. The predicted octanol–water partition coefficient (Wildman–Crippen LogP) is 2.79. The summed E-state index contributed by atoms with van der Waals surface area (Å²) in [6, 6.07) is 5.63. The Morgan fingerprint density at radius 1 is 1.37 bits per heavy atom. The molecule has 1 N–H and O–H groups in total. The second-order valence-electron chi connectivity index (χ2n) is 8.28. The number of fused-ring (bicyclic) bond motifs is 5. The molecule has 1 aromatic carbocycles. The summed E-state index contributed by atoms with van der Waals surface area (Å²) in [6.45, 7) is 3.75. The van der Waals surface area contributed by atoms with E-state index in [0.29, 0.717) is 30.1 Å². The quantitative estimate of drug-likeness (QED) is 0.453. The third-order valence-corrected chi connectivity index (χ3v) is 6.92. The van der Waals surface area contributed by atoms with Crippen molar-refractivity contribution in [1.82, 2.24) is 4.90 Å². The Morgan fingerprint density at radius 3 is 2.83 bits per heavy atom. The van der Waals surface area contributed by atoms with Crippen LogP contribution in [-0.4, -0.2) is 62.1 Å². The van der Waals surface area contributed by atoms with E-state index in [1.807, 2.05) is 18.2 Å². The number of esters is 1. The van der Waals surface area contributed by atoms with Gasteiger partial charge in [-0.25, -0.2) is 4.79 Å². The molecule has 7 heteroatoms. The van der Waals surface area contributed by atoms with Crippen molar-refractivity contribution < 1.29 is 24.1 Å². The molecule has 3 aliphatic rings. The van der Waals surface area contributed by atoms with Crippen molar-refractivity contribution in [1.29, 1.82) is 0 Å². The lowest BCUT2D eigenvalue weighted by Crippen LogP contribution is -2.60. The van der Waals surface area contributed by atoms with Crippen LogP contribution in [0.1, 0.15) is 31.7 Å². The molecule has 1 aromatic rings. The molecule has 4 atom stereocenters. The number of methoxy groups -OCH3 is 3. The fourth-order valence-electron chi connectivity index (χ4n) is 5.45. The van der Waals surface area contributed by atoms with Crippen molar-refractivity contribution in [3.05, 3.63) is 35.6 Å². The number of ether oxygens (including phenoxy) is 3. The smallest absolute Gasteiger partial charge is 0.337 e. The average molecular weight is 415 g/mol. The molecule has 3 aliphatic heterocycles. The third kappa shape index (κ3) is 3.11. The van der Waals surface area contributed by atoms with Gasteiger partial charge in [0.2, 0.25) is 0 Å². The van der Waals surface area contributed by atoms with E-state index in [2.05, 4.69) is 11.8 Å². The zero-order valence-electron chi connectivity index (χ0n) is 18.1. The molecule has 2 fully saturated rings. The second kappa shape index (κ2) is 8.04. The Morgan fingerprint density at radius 2 is 2.17 bits per heavy atom. The van der Waals surface area contributed by atoms with E-state index in [0.717, 1.165) is 36.5 Å². The number of hydrogen-bond acceptors (Lipinski definition) is 7. The van der Waals surface area contributed by atoms with Crippen LogP contribution >= 0.6 is 0 Å². The van der Waals surface area contributed by atoms with E-state index in [1.54, 1.807) is 14.2 Å². The Kier molecular flexibility index (Phi) is 5.59. The Bertz CT molecular complexity index is 896. The average Bonchev–Trinajstić information content (AvgIpc) is 3.09. The maximum atomic E-state index is 12.5.